The van der Waals surface area contributed by atoms with Gasteiger partial charge in [-0.2, -0.15) is 18.3 Å². The van der Waals surface area contributed by atoms with Crippen LogP contribution in [0.5, 0.6) is 0 Å². The first-order valence-corrected chi connectivity index (χ1v) is 6.50. The third-order valence-corrected chi connectivity index (χ3v) is 3.72. The van der Waals surface area contributed by atoms with Gasteiger partial charge in [-0.15, -0.1) is 0 Å². The molecule has 0 saturated heterocycles. The van der Waals surface area contributed by atoms with Crippen molar-refractivity contribution in [2.75, 3.05) is 0 Å². The van der Waals surface area contributed by atoms with Gasteiger partial charge < -0.3 is 0 Å². The summed E-state index contributed by atoms with van der Waals surface area (Å²) >= 11 is 6.27. The summed E-state index contributed by atoms with van der Waals surface area (Å²) in [6, 6.07) is 4.47. The molecule has 3 nitrogen and oxygen atoms in total. The molecule has 0 aliphatic carbocycles. The summed E-state index contributed by atoms with van der Waals surface area (Å²) in [6.45, 7) is 0. The third-order valence-electron chi connectivity index (χ3n) is 2.38. The van der Waals surface area contributed by atoms with Crippen LogP contribution in [0.3, 0.4) is 0 Å². The number of aromatic nitrogens is 2. The Balaban J connectivity index is 2.46. The van der Waals surface area contributed by atoms with Crippen LogP contribution in [0.15, 0.2) is 33.5 Å². The van der Waals surface area contributed by atoms with E-state index < -0.39 is 11.7 Å². The van der Waals surface area contributed by atoms with Gasteiger partial charge in [-0.05, 0) is 56.1 Å². The lowest BCUT2D eigenvalue weighted by Gasteiger charge is -2.08. The molecule has 0 spiro atoms. The van der Waals surface area contributed by atoms with E-state index in [9.17, 15) is 18.0 Å². The molecule has 0 N–H and O–H groups in total. The molecule has 0 saturated carbocycles. The number of alkyl halides is 3. The number of carbonyl (C=O) groups is 1. The van der Waals surface area contributed by atoms with Gasteiger partial charge in [0.2, 0.25) is 0 Å². The van der Waals surface area contributed by atoms with Crippen molar-refractivity contribution in [1.29, 1.82) is 0 Å². The van der Waals surface area contributed by atoms with Gasteiger partial charge in [-0.1, -0.05) is 0 Å². The Hall–Kier alpha value is -1.15. The second-order valence-electron chi connectivity index (χ2n) is 3.57. The number of aldehydes is 1. The van der Waals surface area contributed by atoms with Gasteiger partial charge in [0.15, 0.2) is 6.29 Å². The van der Waals surface area contributed by atoms with Crippen LogP contribution in [0.25, 0.3) is 5.69 Å². The molecule has 1 aromatic carbocycles. The molecule has 0 amide bonds. The molecule has 0 unspecified atom stereocenters. The van der Waals surface area contributed by atoms with Crippen LogP contribution >= 0.6 is 31.9 Å². The number of hydrogen-bond acceptors (Lipinski definition) is 2. The van der Waals surface area contributed by atoms with E-state index in [1.165, 1.54) is 16.8 Å². The van der Waals surface area contributed by atoms with E-state index in [0.29, 0.717) is 26.7 Å². The van der Waals surface area contributed by atoms with Crippen molar-refractivity contribution >= 4 is 38.1 Å². The van der Waals surface area contributed by atoms with Crippen LogP contribution in [0.2, 0.25) is 0 Å². The first kappa shape index (κ1) is 14.3. The van der Waals surface area contributed by atoms with Crippen LogP contribution in [0, 0.1) is 0 Å². The maximum atomic E-state index is 12.4. The first-order valence-electron chi connectivity index (χ1n) is 4.91. The summed E-state index contributed by atoms with van der Waals surface area (Å²) in [5.41, 5.74) is -0.0391. The smallest absolute Gasteiger partial charge is 0.298 e. The standard InChI is InChI=1S/C11H5Br2F3N2O/c12-9-8(5-19)10(13)18(17-9)7-3-1-6(2-4-7)11(14,15)16/h1-5H. The molecule has 0 bridgehead atoms. The van der Waals surface area contributed by atoms with Crippen molar-refractivity contribution in [1.82, 2.24) is 9.78 Å². The first-order chi connectivity index (χ1) is 8.84. The van der Waals surface area contributed by atoms with E-state index in [1.54, 1.807) is 0 Å². The zero-order chi connectivity index (χ0) is 14.2. The lowest BCUT2D eigenvalue weighted by molar-refractivity contribution is -0.137. The minimum Gasteiger partial charge on any atom is -0.298 e. The van der Waals surface area contributed by atoms with Crippen molar-refractivity contribution < 1.29 is 18.0 Å². The normalized spacial score (nSPS) is 11.6. The predicted molar refractivity (Wildman–Crippen MR) is 69.4 cm³/mol. The fraction of sp³-hybridized carbons (Fsp3) is 0.0909. The highest BCUT2D eigenvalue weighted by Gasteiger charge is 2.30. The fourth-order valence-electron chi connectivity index (χ4n) is 1.44. The van der Waals surface area contributed by atoms with Crippen LogP contribution < -0.4 is 0 Å². The second-order valence-corrected chi connectivity index (χ2v) is 5.07. The number of halogens is 5. The third kappa shape index (κ3) is 2.74. The van der Waals surface area contributed by atoms with E-state index in [1.807, 2.05) is 0 Å². The average molecular weight is 398 g/mol. The molecule has 0 atom stereocenters. The quantitative estimate of drug-likeness (QED) is 0.711. The fourth-order valence-corrected chi connectivity index (χ4v) is 2.72. The SMILES string of the molecule is O=Cc1c(Br)nn(-c2ccc(C(F)(F)F)cc2)c1Br. The number of carbonyl (C=O) groups excluding carboxylic acids is 1. The molecule has 0 aliphatic rings. The highest BCUT2D eigenvalue weighted by atomic mass is 79.9. The summed E-state index contributed by atoms with van der Waals surface area (Å²) in [5.74, 6) is 0. The van der Waals surface area contributed by atoms with E-state index in [0.717, 1.165) is 12.1 Å². The van der Waals surface area contributed by atoms with Crippen LogP contribution in [-0.2, 0) is 6.18 Å². The van der Waals surface area contributed by atoms with Crippen LogP contribution in [0.4, 0.5) is 13.2 Å². The van der Waals surface area contributed by atoms with E-state index >= 15 is 0 Å². The zero-order valence-electron chi connectivity index (χ0n) is 9.08. The number of rotatable bonds is 2. The summed E-state index contributed by atoms with van der Waals surface area (Å²) in [6.07, 6.45) is -3.78. The molecule has 0 aliphatic heterocycles. The molecule has 100 valence electrons. The Morgan fingerprint density at radius 2 is 1.74 bits per heavy atom. The monoisotopic (exact) mass is 396 g/mol. The molecule has 2 aromatic rings. The molecule has 2 rings (SSSR count). The molecule has 0 fully saturated rings. The molecule has 1 aromatic heterocycles. The molecule has 1 heterocycles. The van der Waals surface area contributed by atoms with Gasteiger partial charge in [-0.25, -0.2) is 4.68 Å². The number of hydrogen-bond donors (Lipinski definition) is 0. The van der Waals surface area contributed by atoms with Gasteiger partial charge in [0.25, 0.3) is 0 Å². The Kier molecular flexibility index (Phi) is 3.82. The summed E-state index contributed by atoms with van der Waals surface area (Å²) in [7, 11) is 0. The summed E-state index contributed by atoms with van der Waals surface area (Å²) in [5, 5.41) is 4.02. The van der Waals surface area contributed by atoms with E-state index in [4.69, 9.17) is 0 Å². The largest absolute Gasteiger partial charge is 0.416 e. The summed E-state index contributed by atoms with van der Waals surface area (Å²) < 4.78 is 39.3. The number of nitrogens with zero attached hydrogens (tertiary/aromatic N) is 2. The van der Waals surface area contributed by atoms with Crippen molar-refractivity contribution in [3.8, 4) is 5.69 Å². The molecule has 19 heavy (non-hydrogen) atoms. The Labute approximate surface area is 122 Å². The lowest BCUT2D eigenvalue weighted by Crippen LogP contribution is -2.05. The van der Waals surface area contributed by atoms with Gasteiger partial charge >= 0.3 is 6.18 Å². The molecule has 8 heteroatoms. The van der Waals surface area contributed by atoms with Crippen molar-refractivity contribution in [2.45, 2.75) is 6.18 Å². The zero-order valence-corrected chi connectivity index (χ0v) is 12.3. The Morgan fingerprint density at radius 3 is 2.16 bits per heavy atom. The lowest BCUT2D eigenvalue weighted by atomic mass is 10.2. The van der Waals surface area contributed by atoms with Crippen molar-refractivity contribution in [3.05, 3.63) is 44.6 Å². The average Bonchev–Trinajstić information content (AvgIpc) is 2.63. The second kappa shape index (κ2) is 5.09. The maximum Gasteiger partial charge on any atom is 0.416 e. The number of benzene rings is 1. The van der Waals surface area contributed by atoms with E-state index in [2.05, 4.69) is 37.0 Å². The highest BCUT2D eigenvalue weighted by Crippen LogP contribution is 2.31. The predicted octanol–water partition coefficient (Wildman–Crippen LogP) is 4.23. The molecular formula is C11H5Br2F3N2O. The molecular weight excluding hydrogens is 393 g/mol. The van der Waals surface area contributed by atoms with Crippen molar-refractivity contribution in [2.24, 2.45) is 0 Å². The maximum absolute atomic E-state index is 12.4. The van der Waals surface area contributed by atoms with Gasteiger partial charge in [-0.3, -0.25) is 4.79 Å². The Bertz CT molecular complexity index is 620. The van der Waals surface area contributed by atoms with E-state index in [-0.39, 0.29) is 0 Å². The van der Waals surface area contributed by atoms with Crippen LogP contribution in [0.1, 0.15) is 15.9 Å². The van der Waals surface area contributed by atoms with Crippen molar-refractivity contribution in [3.63, 3.8) is 0 Å². The van der Waals surface area contributed by atoms with Gasteiger partial charge in [0.1, 0.15) is 9.21 Å². The minimum atomic E-state index is -4.38. The highest BCUT2D eigenvalue weighted by molar-refractivity contribution is 9.11. The van der Waals surface area contributed by atoms with Gasteiger partial charge in [0.05, 0.1) is 16.8 Å². The van der Waals surface area contributed by atoms with Gasteiger partial charge in [0, 0.05) is 0 Å². The minimum absolute atomic E-state index is 0.292. The molecule has 0 radical (unpaired) electrons. The van der Waals surface area contributed by atoms with Crippen LogP contribution in [-0.4, -0.2) is 16.1 Å². The Morgan fingerprint density at radius 1 is 1.16 bits per heavy atom. The topological polar surface area (TPSA) is 34.9 Å². The summed E-state index contributed by atoms with van der Waals surface area (Å²) in [4.78, 5) is 10.8.